The van der Waals surface area contributed by atoms with E-state index in [1.807, 2.05) is 18.2 Å². The lowest BCUT2D eigenvalue weighted by Gasteiger charge is -2.23. The van der Waals surface area contributed by atoms with Gasteiger partial charge in [-0.25, -0.2) is 0 Å². The van der Waals surface area contributed by atoms with Gasteiger partial charge in [-0.2, -0.15) is 0 Å². The van der Waals surface area contributed by atoms with E-state index >= 15 is 0 Å². The zero-order valence-electron chi connectivity index (χ0n) is 15.0. The predicted molar refractivity (Wildman–Crippen MR) is 95.5 cm³/mol. The van der Waals surface area contributed by atoms with Gasteiger partial charge in [-0.1, -0.05) is 32.9 Å². The first-order valence-corrected chi connectivity index (χ1v) is 9.70. The average Bonchev–Trinajstić information content (AvgIpc) is 2.52. The van der Waals surface area contributed by atoms with Crippen LogP contribution in [-0.2, 0) is 18.7 Å². The lowest BCUT2D eigenvalue weighted by molar-refractivity contribution is 0.123. The van der Waals surface area contributed by atoms with Gasteiger partial charge in [0.1, 0.15) is 5.75 Å². The van der Waals surface area contributed by atoms with Crippen molar-refractivity contribution in [2.24, 2.45) is 4.99 Å². The SMILES string of the molecule is CO[Si](CCC/N=C\c1cccc(C(C)(C)C)c1O)(OC)OC. The molecule has 0 saturated carbocycles. The average molecular weight is 340 g/mol. The molecular weight excluding hydrogens is 310 g/mol. The van der Waals surface area contributed by atoms with Crippen molar-refractivity contribution in [3.8, 4) is 5.75 Å². The highest BCUT2D eigenvalue weighted by Gasteiger charge is 2.36. The third-order valence-electron chi connectivity index (χ3n) is 3.81. The van der Waals surface area contributed by atoms with Crippen LogP contribution >= 0.6 is 0 Å². The Morgan fingerprint density at radius 3 is 2.26 bits per heavy atom. The highest BCUT2D eigenvalue weighted by Crippen LogP contribution is 2.32. The van der Waals surface area contributed by atoms with Crippen LogP contribution in [0.25, 0.3) is 0 Å². The predicted octanol–water partition coefficient (Wildman–Crippen LogP) is 3.38. The lowest BCUT2D eigenvalue weighted by Crippen LogP contribution is -2.42. The highest BCUT2D eigenvalue weighted by molar-refractivity contribution is 6.60. The first kappa shape index (κ1) is 19.8. The molecule has 0 amide bonds. The molecule has 6 heteroatoms. The Bertz CT molecular complexity index is 514. The molecule has 1 aromatic carbocycles. The van der Waals surface area contributed by atoms with E-state index in [0.717, 1.165) is 17.5 Å². The van der Waals surface area contributed by atoms with Gasteiger partial charge in [0.15, 0.2) is 0 Å². The standard InChI is InChI=1S/C17H29NO4Si/c1-17(2,3)15-10-7-9-14(16(15)19)13-18-11-8-12-23(20-4,21-5)22-6/h7,9-10,13,19H,8,11-12H2,1-6H3/b18-13-. The lowest BCUT2D eigenvalue weighted by atomic mass is 9.85. The maximum atomic E-state index is 10.4. The topological polar surface area (TPSA) is 60.3 Å². The molecule has 130 valence electrons. The van der Waals surface area contributed by atoms with Gasteiger partial charge in [0.25, 0.3) is 0 Å². The summed E-state index contributed by atoms with van der Waals surface area (Å²) in [5.41, 5.74) is 1.56. The molecule has 0 aliphatic rings. The second kappa shape index (κ2) is 8.59. The number of rotatable bonds is 8. The van der Waals surface area contributed by atoms with Gasteiger partial charge < -0.3 is 18.4 Å². The highest BCUT2D eigenvalue weighted by atomic mass is 28.4. The van der Waals surface area contributed by atoms with Gasteiger partial charge in [0.2, 0.25) is 0 Å². The molecule has 23 heavy (non-hydrogen) atoms. The molecule has 1 N–H and O–H groups in total. The summed E-state index contributed by atoms with van der Waals surface area (Å²) < 4.78 is 16.1. The van der Waals surface area contributed by atoms with Crippen LogP contribution in [-0.4, -0.2) is 48.0 Å². The second-order valence-electron chi connectivity index (χ2n) is 6.43. The summed E-state index contributed by atoms with van der Waals surface area (Å²) in [5.74, 6) is 0.304. The van der Waals surface area contributed by atoms with Crippen molar-refractivity contribution in [3.05, 3.63) is 29.3 Å². The van der Waals surface area contributed by atoms with Crippen LogP contribution in [0.15, 0.2) is 23.2 Å². The summed E-state index contributed by atoms with van der Waals surface area (Å²) in [6.07, 6.45) is 2.53. The van der Waals surface area contributed by atoms with Gasteiger partial charge in [-0.15, -0.1) is 0 Å². The molecule has 0 radical (unpaired) electrons. The third kappa shape index (κ3) is 5.42. The van der Waals surface area contributed by atoms with Crippen molar-refractivity contribution in [2.75, 3.05) is 27.9 Å². The van der Waals surface area contributed by atoms with Crippen molar-refractivity contribution >= 4 is 15.0 Å². The van der Waals surface area contributed by atoms with E-state index in [-0.39, 0.29) is 5.41 Å². The van der Waals surface area contributed by atoms with E-state index in [0.29, 0.717) is 18.3 Å². The molecule has 1 aromatic rings. The molecule has 0 aliphatic carbocycles. The normalized spacial score (nSPS) is 13.0. The monoisotopic (exact) mass is 339 g/mol. The smallest absolute Gasteiger partial charge is 0.500 e. The summed E-state index contributed by atoms with van der Waals surface area (Å²) in [6, 6.07) is 6.47. The number of hydrogen-bond donors (Lipinski definition) is 1. The van der Waals surface area contributed by atoms with Crippen molar-refractivity contribution in [3.63, 3.8) is 0 Å². The molecular formula is C17H29NO4Si. The van der Waals surface area contributed by atoms with Crippen LogP contribution < -0.4 is 0 Å². The summed E-state index contributed by atoms with van der Waals surface area (Å²) >= 11 is 0. The fourth-order valence-corrected chi connectivity index (χ4v) is 4.08. The Labute approximate surface area is 140 Å². The van der Waals surface area contributed by atoms with Crippen molar-refractivity contribution < 1.29 is 18.4 Å². The summed E-state index contributed by atoms with van der Waals surface area (Å²) in [4.78, 5) is 4.40. The maximum absolute atomic E-state index is 10.4. The molecule has 0 heterocycles. The van der Waals surface area contributed by atoms with E-state index in [1.54, 1.807) is 27.5 Å². The molecule has 0 atom stereocenters. The van der Waals surface area contributed by atoms with Crippen LogP contribution in [0.3, 0.4) is 0 Å². The number of aromatic hydroxyl groups is 1. The van der Waals surface area contributed by atoms with Crippen LogP contribution in [0.2, 0.25) is 6.04 Å². The largest absolute Gasteiger partial charge is 0.507 e. The molecule has 5 nitrogen and oxygen atoms in total. The molecule has 0 aromatic heterocycles. The number of phenols is 1. The first-order chi connectivity index (χ1) is 10.8. The van der Waals surface area contributed by atoms with Crippen molar-refractivity contribution in [1.82, 2.24) is 0 Å². The summed E-state index contributed by atoms with van der Waals surface area (Å²) in [5, 5.41) is 10.4. The number of hydrogen-bond acceptors (Lipinski definition) is 5. The molecule has 0 aliphatic heterocycles. The van der Waals surface area contributed by atoms with Crippen molar-refractivity contribution in [2.45, 2.75) is 38.7 Å². The fraction of sp³-hybridized carbons (Fsp3) is 0.588. The van der Waals surface area contributed by atoms with E-state index in [9.17, 15) is 5.11 Å². The Hall–Kier alpha value is -1.21. The molecule has 0 fully saturated rings. The van der Waals surface area contributed by atoms with E-state index in [4.69, 9.17) is 13.3 Å². The van der Waals surface area contributed by atoms with Crippen LogP contribution in [0.1, 0.15) is 38.3 Å². The molecule has 0 unspecified atom stereocenters. The van der Waals surface area contributed by atoms with E-state index < -0.39 is 8.80 Å². The fourth-order valence-electron chi connectivity index (χ4n) is 2.38. The number of para-hydroxylation sites is 1. The number of aliphatic imine (C=N–C) groups is 1. The zero-order chi connectivity index (χ0) is 17.5. The molecule has 0 saturated heterocycles. The van der Waals surface area contributed by atoms with E-state index in [2.05, 4.69) is 25.8 Å². The van der Waals surface area contributed by atoms with E-state index in [1.165, 1.54) is 0 Å². The van der Waals surface area contributed by atoms with Gasteiger partial charge in [0.05, 0.1) is 0 Å². The van der Waals surface area contributed by atoms with Gasteiger partial charge >= 0.3 is 8.80 Å². The number of benzene rings is 1. The Morgan fingerprint density at radius 1 is 1.13 bits per heavy atom. The maximum Gasteiger partial charge on any atom is 0.500 e. The molecule has 0 spiro atoms. The molecule has 0 bridgehead atoms. The summed E-state index contributed by atoms with van der Waals surface area (Å²) in [6.45, 7) is 6.86. The van der Waals surface area contributed by atoms with Crippen molar-refractivity contribution in [1.29, 1.82) is 0 Å². The molecule has 1 rings (SSSR count). The summed E-state index contributed by atoms with van der Waals surface area (Å²) in [7, 11) is 2.31. The van der Waals surface area contributed by atoms with Gasteiger partial charge in [0, 0.05) is 45.7 Å². The minimum atomic E-state index is -2.51. The van der Waals surface area contributed by atoms with Crippen LogP contribution in [0.5, 0.6) is 5.75 Å². The minimum Gasteiger partial charge on any atom is -0.507 e. The minimum absolute atomic E-state index is 0.103. The first-order valence-electron chi connectivity index (χ1n) is 7.77. The number of nitrogens with zero attached hydrogens (tertiary/aromatic N) is 1. The Balaban J connectivity index is 2.66. The quantitative estimate of drug-likeness (QED) is 0.448. The second-order valence-corrected chi connectivity index (χ2v) is 9.52. The van der Waals surface area contributed by atoms with Crippen LogP contribution in [0, 0.1) is 0 Å². The third-order valence-corrected chi connectivity index (χ3v) is 6.64. The van der Waals surface area contributed by atoms with Gasteiger partial charge in [-0.3, -0.25) is 4.99 Å². The van der Waals surface area contributed by atoms with Gasteiger partial charge in [-0.05, 0) is 23.5 Å². The Kier molecular flexibility index (Phi) is 7.40. The Morgan fingerprint density at radius 2 is 1.74 bits per heavy atom. The zero-order valence-corrected chi connectivity index (χ0v) is 16.0. The van der Waals surface area contributed by atoms with Crippen LogP contribution in [0.4, 0.5) is 0 Å². The number of phenolic OH excluding ortho intramolecular Hbond substituents is 1.